The summed E-state index contributed by atoms with van der Waals surface area (Å²) in [5, 5.41) is 13.3. The summed E-state index contributed by atoms with van der Waals surface area (Å²) in [7, 11) is 0. The Morgan fingerprint density at radius 2 is 1.70 bits per heavy atom. The van der Waals surface area contributed by atoms with Crippen molar-refractivity contribution >= 4 is 5.97 Å². The quantitative estimate of drug-likeness (QED) is 0.241. The molecule has 0 bridgehead atoms. The molecule has 9 nitrogen and oxygen atoms in total. The van der Waals surface area contributed by atoms with Gasteiger partial charge in [-0.3, -0.25) is 0 Å². The molecule has 0 aliphatic rings. The van der Waals surface area contributed by atoms with E-state index in [4.69, 9.17) is 19.3 Å². The van der Waals surface area contributed by atoms with Crippen LogP contribution in [0.4, 0.5) is 13.2 Å². The molecule has 1 heterocycles. The summed E-state index contributed by atoms with van der Waals surface area (Å²) in [6.07, 6.45) is -4.86. The van der Waals surface area contributed by atoms with Crippen molar-refractivity contribution in [3.8, 4) is 40.1 Å². The fourth-order valence-electron chi connectivity index (χ4n) is 3.71. The second-order valence-electron chi connectivity index (χ2n) is 8.90. The van der Waals surface area contributed by atoms with Crippen LogP contribution in [0.25, 0.3) is 17.1 Å². The van der Waals surface area contributed by atoms with Gasteiger partial charge in [0.25, 0.3) is 0 Å². The number of rotatable bonds is 11. The molecule has 210 valence electrons. The Kier molecular flexibility index (Phi) is 8.46. The molecular weight excluding hydrogens is 531 g/mol. The van der Waals surface area contributed by atoms with E-state index in [0.717, 1.165) is 0 Å². The number of hydrogen-bond donors (Lipinski definition) is 1. The monoisotopic (exact) mass is 557 g/mol. The second-order valence-corrected chi connectivity index (χ2v) is 8.90. The van der Waals surface area contributed by atoms with E-state index in [1.807, 2.05) is 13.8 Å². The van der Waals surface area contributed by atoms with Crippen molar-refractivity contribution in [1.29, 1.82) is 0 Å². The van der Waals surface area contributed by atoms with E-state index in [-0.39, 0.29) is 24.4 Å². The van der Waals surface area contributed by atoms with Gasteiger partial charge in [-0.1, -0.05) is 12.1 Å². The lowest BCUT2D eigenvalue weighted by Crippen LogP contribution is -2.17. The highest BCUT2D eigenvalue weighted by Crippen LogP contribution is 2.30. The first-order valence-electron chi connectivity index (χ1n) is 12.1. The Labute approximate surface area is 227 Å². The summed E-state index contributed by atoms with van der Waals surface area (Å²) >= 11 is 0. The highest BCUT2D eigenvalue weighted by Gasteiger charge is 2.31. The first-order valence-corrected chi connectivity index (χ1v) is 12.1. The minimum Gasteiger partial charge on any atom is -0.491 e. The molecular formula is C28H26F3N3O6. The van der Waals surface area contributed by atoms with Crippen LogP contribution in [0.5, 0.6) is 23.0 Å². The van der Waals surface area contributed by atoms with Crippen LogP contribution in [0.3, 0.4) is 0 Å². The van der Waals surface area contributed by atoms with E-state index in [1.54, 1.807) is 55.5 Å². The number of ether oxygens (including phenoxy) is 4. The molecule has 0 aliphatic carbocycles. The molecule has 0 unspecified atom stereocenters. The molecule has 4 aromatic rings. The van der Waals surface area contributed by atoms with E-state index in [9.17, 15) is 18.0 Å². The molecule has 1 N–H and O–H groups in total. The first kappa shape index (κ1) is 28.3. The Hall–Kier alpha value is -4.74. The summed E-state index contributed by atoms with van der Waals surface area (Å²) in [6.45, 7) is 5.04. The molecule has 0 spiro atoms. The predicted octanol–water partition coefficient (Wildman–Crippen LogP) is 5.97. The molecule has 0 fully saturated rings. The van der Waals surface area contributed by atoms with Crippen molar-refractivity contribution in [2.24, 2.45) is 0 Å². The molecule has 40 heavy (non-hydrogen) atoms. The van der Waals surface area contributed by atoms with Crippen molar-refractivity contribution in [2.75, 3.05) is 6.61 Å². The van der Waals surface area contributed by atoms with E-state index >= 15 is 0 Å². The maximum absolute atomic E-state index is 12.8. The summed E-state index contributed by atoms with van der Waals surface area (Å²) in [6, 6.07) is 17.4. The zero-order valence-electron chi connectivity index (χ0n) is 21.8. The maximum atomic E-state index is 12.8. The fraction of sp³-hybridized carbons (Fsp3) is 0.250. The van der Waals surface area contributed by atoms with Crippen LogP contribution in [0, 0.1) is 6.92 Å². The lowest BCUT2D eigenvalue weighted by Gasteiger charge is -2.12. The molecule has 1 aromatic heterocycles. The van der Waals surface area contributed by atoms with Crippen LogP contribution in [-0.2, 0) is 11.4 Å². The number of benzene rings is 3. The van der Waals surface area contributed by atoms with Gasteiger partial charge in [0.2, 0.25) is 0 Å². The first-order chi connectivity index (χ1) is 19.0. The van der Waals surface area contributed by atoms with Crippen LogP contribution < -0.4 is 18.9 Å². The molecule has 3 aromatic carbocycles. The maximum Gasteiger partial charge on any atom is 0.573 e. The standard InChI is InChI=1S/C28H26F3N3O6/c1-17(2)39-21-9-7-20(8-10-21)34-27(19-5-4-6-23(14-19)40-28(29,30)31)32-25(33-34)15-37-22-11-12-24(18(3)13-22)38-16-26(35)36/h4-14,17H,15-16H2,1-3H3,(H,35,36). The van der Waals surface area contributed by atoms with Crippen LogP contribution in [0.15, 0.2) is 66.7 Å². The van der Waals surface area contributed by atoms with Gasteiger partial charge in [0.15, 0.2) is 18.3 Å². The average molecular weight is 558 g/mol. The SMILES string of the molecule is Cc1cc(OCc2nc(-c3cccc(OC(F)(F)F)c3)n(-c3ccc(OC(C)C)cc3)n2)ccc1OCC(=O)O. The number of aliphatic carboxylic acids is 1. The third-order valence-electron chi connectivity index (χ3n) is 5.30. The summed E-state index contributed by atoms with van der Waals surface area (Å²) in [5.74, 6) is 0.587. The molecule has 0 saturated carbocycles. The van der Waals surface area contributed by atoms with Gasteiger partial charge in [-0.05, 0) is 80.9 Å². The summed E-state index contributed by atoms with van der Waals surface area (Å²) in [5.41, 5.74) is 1.62. The molecule has 12 heteroatoms. The van der Waals surface area contributed by atoms with E-state index in [0.29, 0.717) is 34.1 Å². The Balaban J connectivity index is 1.62. The summed E-state index contributed by atoms with van der Waals surface area (Å²) < 4.78 is 60.8. The molecule has 0 saturated heterocycles. The Morgan fingerprint density at radius 3 is 2.35 bits per heavy atom. The normalized spacial score (nSPS) is 11.4. The highest BCUT2D eigenvalue weighted by atomic mass is 19.4. The number of carboxylic acids is 1. The minimum atomic E-state index is -4.84. The molecule has 0 atom stereocenters. The van der Waals surface area contributed by atoms with E-state index < -0.39 is 24.7 Å². The van der Waals surface area contributed by atoms with Gasteiger partial charge in [-0.2, -0.15) is 0 Å². The number of carbonyl (C=O) groups is 1. The third kappa shape index (κ3) is 7.65. The van der Waals surface area contributed by atoms with Crippen molar-refractivity contribution in [3.63, 3.8) is 0 Å². The number of carboxylic acid groups (broad SMARTS) is 1. The number of hydrogen-bond acceptors (Lipinski definition) is 7. The third-order valence-corrected chi connectivity index (χ3v) is 5.30. The fourth-order valence-corrected chi connectivity index (χ4v) is 3.71. The smallest absolute Gasteiger partial charge is 0.491 e. The van der Waals surface area contributed by atoms with Gasteiger partial charge >= 0.3 is 12.3 Å². The van der Waals surface area contributed by atoms with E-state index in [2.05, 4.69) is 14.8 Å². The van der Waals surface area contributed by atoms with Crippen molar-refractivity contribution < 1.29 is 42.0 Å². The number of aryl methyl sites for hydroxylation is 1. The molecule has 0 aliphatic heterocycles. The Bertz CT molecular complexity index is 1470. The van der Waals surface area contributed by atoms with Gasteiger partial charge in [0.1, 0.15) is 29.6 Å². The molecule has 0 radical (unpaired) electrons. The zero-order chi connectivity index (χ0) is 28.9. The second kappa shape index (κ2) is 12.0. The van der Waals surface area contributed by atoms with Crippen LogP contribution in [0.1, 0.15) is 25.2 Å². The van der Waals surface area contributed by atoms with Gasteiger partial charge < -0.3 is 24.1 Å². The number of nitrogens with zero attached hydrogens (tertiary/aromatic N) is 3. The zero-order valence-corrected chi connectivity index (χ0v) is 21.8. The van der Waals surface area contributed by atoms with Crippen molar-refractivity contribution in [1.82, 2.24) is 14.8 Å². The predicted molar refractivity (Wildman–Crippen MR) is 138 cm³/mol. The number of halogens is 3. The average Bonchev–Trinajstić information content (AvgIpc) is 3.30. The van der Waals surface area contributed by atoms with Gasteiger partial charge in [0, 0.05) is 5.56 Å². The van der Waals surface area contributed by atoms with Crippen molar-refractivity contribution in [3.05, 3.63) is 78.1 Å². The molecule has 0 amide bonds. The minimum absolute atomic E-state index is 0.0191. The van der Waals surface area contributed by atoms with Crippen molar-refractivity contribution in [2.45, 2.75) is 39.8 Å². The van der Waals surface area contributed by atoms with E-state index in [1.165, 1.54) is 22.9 Å². The van der Waals surface area contributed by atoms with Gasteiger partial charge in [-0.25, -0.2) is 14.5 Å². The summed E-state index contributed by atoms with van der Waals surface area (Å²) in [4.78, 5) is 15.3. The van der Waals surface area contributed by atoms with Gasteiger partial charge in [-0.15, -0.1) is 18.3 Å². The number of aromatic nitrogens is 3. The highest BCUT2D eigenvalue weighted by molar-refractivity contribution is 5.68. The molecule has 4 rings (SSSR count). The topological polar surface area (TPSA) is 105 Å². The lowest BCUT2D eigenvalue weighted by molar-refractivity contribution is -0.274. The van der Waals surface area contributed by atoms with Crippen LogP contribution >= 0.6 is 0 Å². The van der Waals surface area contributed by atoms with Crippen LogP contribution in [-0.4, -0.2) is 44.9 Å². The lowest BCUT2D eigenvalue weighted by atomic mass is 10.2. The largest absolute Gasteiger partial charge is 0.573 e. The van der Waals surface area contributed by atoms with Gasteiger partial charge in [0.05, 0.1) is 11.8 Å². The van der Waals surface area contributed by atoms with Crippen LogP contribution in [0.2, 0.25) is 0 Å². The number of alkyl halides is 3. The Morgan fingerprint density at radius 1 is 0.975 bits per heavy atom.